The van der Waals surface area contributed by atoms with Crippen LogP contribution in [-0.4, -0.2) is 29.4 Å². The van der Waals surface area contributed by atoms with Crippen molar-refractivity contribution < 1.29 is 9.59 Å². The summed E-state index contributed by atoms with van der Waals surface area (Å²) in [6.45, 7) is 4.26. The number of hydrogen-bond acceptors (Lipinski definition) is 3. The smallest absolute Gasteiger partial charge is 0.269 e. The van der Waals surface area contributed by atoms with Crippen LogP contribution in [0, 0.1) is 0 Å². The average Bonchev–Trinajstić information content (AvgIpc) is 2.39. The van der Waals surface area contributed by atoms with Crippen LogP contribution in [0.1, 0.15) is 37.2 Å². The van der Waals surface area contributed by atoms with Crippen LogP contribution in [0.5, 0.6) is 0 Å². The van der Waals surface area contributed by atoms with Gasteiger partial charge in [0, 0.05) is 29.7 Å². The fourth-order valence-corrected chi connectivity index (χ4v) is 1.57. The van der Waals surface area contributed by atoms with E-state index in [1.165, 1.54) is 0 Å². The second-order valence-electron chi connectivity index (χ2n) is 4.24. The quantitative estimate of drug-likeness (QED) is 0.838. The molecule has 19 heavy (non-hydrogen) atoms. The summed E-state index contributed by atoms with van der Waals surface area (Å²) < 4.78 is 0.817. The second-order valence-corrected chi connectivity index (χ2v) is 5.16. The van der Waals surface area contributed by atoms with E-state index < -0.39 is 0 Å². The van der Waals surface area contributed by atoms with E-state index in [-0.39, 0.29) is 24.3 Å². The maximum Gasteiger partial charge on any atom is 0.269 e. The van der Waals surface area contributed by atoms with Gasteiger partial charge in [-0.1, -0.05) is 6.92 Å². The Labute approximate surface area is 121 Å². The average molecular weight is 328 g/mol. The molecular weight excluding hydrogens is 310 g/mol. The van der Waals surface area contributed by atoms with Crippen LogP contribution in [0.15, 0.2) is 22.8 Å². The van der Waals surface area contributed by atoms with E-state index in [4.69, 9.17) is 0 Å². The van der Waals surface area contributed by atoms with E-state index in [0.29, 0.717) is 12.2 Å². The molecule has 0 bridgehead atoms. The summed E-state index contributed by atoms with van der Waals surface area (Å²) in [5, 5.41) is 5.50. The molecule has 1 rings (SSSR count). The summed E-state index contributed by atoms with van der Waals surface area (Å²) in [7, 11) is 0. The first-order chi connectivity index (χ1) is 9.02. The number of nitrogens with zero attached hydrogens (tertiary/aromatic N) is 1. The fraction of sp³-hybridized carbons (Fsp3) is 0.462. The van der Waals surface area contributed by atoms with Crippen molar-refractivity contribution in [1.29, 1.82) is 0 Å². The maximum atomic E-state index is 11.7. The number of amides is 2. The van der Waals surface area contributed by atoms with Gasteiger partial charge >= 0.3 is 0 Å². The largest absolute Gasteiger partial charge is 0.354 e. The molecule has 1 aromatic heterocycles. The number of hydrogen-bond donors (Lipinski definition) is 2. The highest BCUT2D eigenvalue weighted by atomic mass is 79.9. The minimum absolute atomic E-state index is 0.0570. The van der Waals surface area contributed by atoms with Gasteiger partial charge in [0.2, 0.25) is 5.91 Å². The first-order valence-electron chi connectivity index (χ1n) is 6.22. The highest BCUT2D eigenvalue weighted by Gasteiger charge is 2.08. The Balaban J connectivity index is 2.31. The van der Waals surface area contributed by atoms with Crippen molar-refractivity contribution in [2.24, 2.45) is 0 Å². The molecule has 5 nitrogen and oxygen atoms in total. The van der Waals surface area contributed by atoms with Crippen molar-refractivity contribution in [2.45, 2.75) is 32.7 Å². The molecule has 0 aliphatic heterocycles. The van der Waals surface area contributed by atoms with Gasteiger partial charge in [0.1, 0.15) is 5.69 Å². The van der Waals surface area contributed by atoms with Gasteiger partial charge < -0.3 is 10.6 Å². The van der Waals surface area contributed by atoms with Crippen LogP contribution in [0.2, 0.25) is 0 Å². The predicted octanol–water partition coefficient (Wildman–Crippen LogP) is 1.88. The summed E-state index contributed by atoms with van der Waals surface area (Å²) in [4.78, 5) is 27.2. The van der Waals surface area contributed by atoms with Crippen LogP contribution in [0.25, 0.3) is 0 Å². The molecule has 0 spiro atoms. The molecule has 0 saturated heterocycles. The summed E-state index contributed by atoms with van der Waals surface area (Å²) in [5.41, 5.74) is 0.338. The number of carbonyl (C=O) groups excluding carboxylic acids is 2. The Bertz CT molecular complexity index is 434. The fourth-order valence-electron chi connectivity index (χ4n) is 1.34. The third-order valence-electron chi connectivity index (χ3n) is 2.62. The Morgan fingerprint density at radius 1 is 1.42 bits per heavy atom. The zero-order valence-electron chi connectivity index (χ0n) is 11.1. The Morgan fingerprint density at radius 2 is 2.16 bits per heavy atom. The van der Waals surface area contributed by atoms with E-state index in [2.05, 4.69) is 31.5 Å². The molecule has 6 heteroatoms. The second kappa shape index (κ2) is 7.89. The molecule has 2 N–H and O–H groups in total. The Hall–Kier alpha value is -1.43. The lowest BCUT2D eigenvalue weighted by Crippen LogP contribution is -2.35. The molecule has 0 saturated carbocycles. The third kappa shape index (κ3) is 5.83. The summed E-state index contributed by atoms with van der Waals surface area (Å²) >= 11 is 3.25. The van der Waals surface area contributed by atoms with Crippen molar-refractivity contribution in [3.8, 4) is 0 Å². The Morgan fingerprint density at radius 3 is 2.74 bits per heavy atom. The van der Waals surface area contributed by atoms with Crippen molar-refractivity contribution in [3.63, 3.8) is 0 Å². The van der Waals surface area contributed by atoms with Gasteiger partial charge in [-0.05, 0) is 41.4 Å². The van der Waals surface area contributed by atoms with Crippen molar-refractivity contribution in [3.05, 3.63) is 28.5 Å². The molecule has 0 fully saturated rings. The molecule has 104 valence electrons. The highest BCUT2D eigenvalue weighted by molar-refractivity contribution is 9.10. The number of rotatable bonds is 6. The lowest BCUT2D eigenvalue weighted by atomic mass is 10.2. The van der Waals surface area contributed by atoms with E-state index in [1.54, 1.807) is 18.3 Å². The topological polar surface area (TPSA) is 71.1 Å². The molecule has 1 unspecified atom stereocenters. The zero-order chi connectivity index (χ0) is 14.3. The van der Waals surface area contributed by atoms with E-state index in [0.717, 1.165) is 10.9 Å². The minimum Gasteiger partial charge on any atom is -0.354 e. The monoisotopic (exact) mass is 327 g/mol. The van der Waals surface area contributed by atoms with E-state index >= 15 is 0 Å². The molecule has 1 aromatic rings. The molecule has 1 atom stereocenters. The maximum absolute atomic E-state index is 11.7. The number of aromatic nitrogens is 1. The minimum atomic E-state index is -0.274. The van der Waals surface area contributed by atoms with Crippen molar-refractivity contribution >= 4 is 27.7 Å². The zero-order valence-corrected chi connectivity index (χ0v) is 12.7. The van der Waals surface area contributed by atoms with Crippen LogP contribution in [-0.2, 0) is 4.79 Å². The van der Waals surface area contributed by atoms with Gasteiger partial charge in [0.15, 0.2) is 0 Å². The summed E-state index contributed by atoms with van der Waals surface area (Å²) in [6.07, 6.45) is 2.72. The van der Waals surface area contributed by atoms with E-state index in [9.17, 15) is 9.59 Å². The lowest BCUT2D eigenvalue weighted by Gasteiger charge is -2.11. The lowest BCUT2D eigenvalue weighted by molar-refractivity contribution is -0.121. The molecule has 2 amide bonds. The number of halogens is 1. The van der Waals surface area contributed by atoms with Crippen LogP contribution in [0.3, 0.4) is 0 Å². The van der Waals surface area contributed by atoms with Crippen molar-refractivity contribution in [2.75, 3.05) is 6.54 Å². The predicted molar refractivity (Wildman–Crippen MR) is 76.8 cm³/mol. The first-order valence-corrected chi connectivity index (χ1v) is 7.01. The molecular formula is C13H18BrN3O2. The van der Waals surface area contributed by atoms with Gasteiger partial charge in [-0.25, -0.2) is 4.98 Å². The number of pyridine rings is 1. The van der Waals surface area contributed by atoms with Crippen LogP contribution in [0.4, 0.5) is 0 Å². The third-order valence-corrected chi connectivity index (χ3v) is 3.09. The van der Waals surface area contributed by atoms with E-state index in [1.807, 2.05) is 13.8 Å². The molecule has 0 radical (unpaired) electrons. The van der Waals surface area contributed by atoms with Gasteiger partial charge in [-0.3, -0.25) is 9.59 Å². The summed E-state index contributed by atoms with van der Waals surface area (Å²) in [6, 6.07) is 3.53. The normalized spacial score (nSPS) is 11.7. The SMILES string of the molecule is CCC(C)NC(=O)CCNC(=O)c1ccc(Br)cn1. The standard InChI is InChI=1S/C13H18BrN3O2/c1-3-9(2)17-12(18)6-7-15-13(19)11-5-4-10(14)8-16-11/h4-5,8-9H,3,6-7H2,1-2H3,(H,15,19)(H,17,18). The molecule has 0 aliphatic rings. The van der Waals surface area contributed by atoms with Crippen LogP contribution < -0.4 is 10.6 Å². The number of nitrogens with one attached hydrogen (secondary N) is 2. The molecule has 0 aliphatic carbocycles. The van der Waals surface area contributed by atoms with Crippen molar-refractivity contribution in [1.82, 2.24) is 15.6 Å². The van der Waals surface area contributed by atoms with Gasteiger partial charge in [0.05, 0.1) is 0 Å². The highest BCUT2D eigenvalue weighted by Crippen LogP contribution is 2.07. The van der Waals surface area contributed by atoms with Gasteiger partial charge in [-0.15, -0.1) is 0 Å². The Kier molecular flexibility index (Phi) is 6.49. The molecule has 0 aromatic carbocycles. The van der Waals surface area contributed by atoms with Crippen LogP contribution >= 0.6 is 15.9 Å². The first kappa shape index (κ1) is 15.6. The van der Waals surface area contributed by atoms with Gasteiger partial charge in [-0.2, -0.15) is 0 Å². The van der Waals surface area contributed by atoms with Gasteiger partial charge in [0.25, 0.3) is 5.91 Å². The molecule has 1 heterocycles. The number of carbonyl (C=O) groups is 2. The summed E-state index contributed by atoms with van der Waals surface area (Å²) in [5.74, 6) is -0.331.